The molecule has 0 saturated carbocycles. The van der Waals surface area contributed by atoms with E-state index in [-0.39, 0.29) is 11.2 Å². The summed E-state index contributed by atoms with van der Waals surface area (Å²) in [6.07, 6.45) is 0.451. The van der Waals surface area contributed by atoms with E-state index in [9.17, 15) is 9.60 Å². The maximum atomic E-state index is 14.7. The molecule has 2 N–H and O–H groups in total. The average Bonchev–Trinajstić information content (AvgIpc) is 3.33. The highest BCUT2D eigenvalue weighted by molar-refractivity contribution is 5.78. The highest BCUT2D eigenvalue weighted by atomic mass is 19.1. The Balaban J connectivity index is 1.33. The van der Waals surface area contributed by atoms with Gasteiger partial charge in [0.25, 0.3) is 0 Å². The average molecular weight is 543 g/mol. The monoisotopic (exact) mass is 542 g/mol. The number of para-hydroxylation sites is 2. The maximum Gasteiger partial charge on any atom is 0.229 e. The molecule has 0 spiro atoms. The number of quaternary nitrogens is 1. The standard InChI is InChI=1S/C27H39FN8O3/c1-19(7-6-12-38-3)36(37)34-17-21(18-34)16-29-24-15-25(32-27(31-24)33-10-13-39-14-11-33)35-23-9-5-4-8-22(23)30-26(35)20(2)28/h4-5,8-9,15,19-21,36H,6-7,10-14,16-18H2,1-3H3,(H,29,31,32). The molecule has 12 heteroatoms. The minimum atomic E-state index is -1.27. The summed E-state index contributed by atoms with van der Waals surface area (Å²) >= 11 is 0. The van der Waals surface area contributed by atoms with E-state index < -0.39 is 6.17 Å². The molecule has 2 saturated heterocycles. The van der Waals surface area contributed by atoms with Gasteiger partial charge in [0.15, 0.2) is 6.17 Å². The van der Waals surface area contributed by atoms with Gasteiger partial charge in [-0.2, -0.15) is 15.0 Å². The second-order valence-electron chi connectivity index (χ2n) is 10.4. The van der Waals surface area contributed by atoms with E-state index in [2.05, 4.69) is 15.2 Å². The molecule has 3 atom stereocenters. The van der Waals surface area contributed by atoms with Crippen LogP contribution in [0.2, 0.25) is 0 Å². The van der Waals surface area contributed by atoms with E-state index in [1.807, 2.05) is 42.3 Å². The number of rotatable bonds is 12. The number of morpholine rings is 1. The number of fused-ring (bicyclic) bond motifs is 1. The Labute approximate surface area is 228 Å². The van der Waals surface area contributed by atoms with Crippen molar-refractivity contribution in [3.8, 4) is 5.82 Å². The van der Waals surface area contributed by atoms with Gasteiger partial charge in [-0.1, -0.05) is 12.1 Å². The molecule has 0 bridgehead atoms. The van der Waals surface area contributed by atoms with E-state index in [0.29, 0.717) is 74.3 Å². The van der Waals surface area contributed by atoms with Crippen LogP contribution in [-0.4, -0.2) is 90.2 Å². The Morgan fingerprint density at radius 3 is 2.69 bits per heavy atom. The van der Waals surface area contributed by atoms with Crippen LogP contribution in [0.15, 0.2) is 30.3 Å². The molecule has 0 radical (unpaired) electrons. The fourth-order valence-corrected chi connectivity index (χ4v) is 5.18. The predicted octanol–water partition coefficient (Wildman–Crippen LogP) is 2.14. The van der Waals surface area contributed by atoms with Gasteiger partial charge in [-0.25, -0.2) is 9.37 Å². The summed E-state index contributed by atoms with van der Waals surface area (Å²) < 4.78 is 27.1. The van der Waals surface area contributed by atoms with Gasteiger partial charge in [0.1, 0.15) is 23.5 Å². The first-order valence-electron chi connectivity index (χ1n) is 13.8. The third kappa shape index (κ3) is 6.30. The Bertz CT molecular complexity index is 1230. The number of methoxy groups -OCH3 is 1. The fraction of sp³-hybridized carbons (Fsp3) is 0.593. The SMILES string of the molecule is COCCCC(C)[NH+]([O-])N1CC(CNc2cc(-n3c(C(C)F)nc4ccccc43)nc(N3CCOCC3)n2)C1. The first-order chi connectivity index (χ1) is 18.9. The minimum Gasteiger partial charge on any atom is -0.613 e. The Hall–Kier alpha value is -2.90. The van der Waals surface area contributed by atoms with Crippen molar-refractivity contribution in [1.82, 2.24) is 24.5 Å². The van der Waals surface area contributed by atoms with Crippen molar-refractivity contribution in [3.63, 3.8) is 0 Å². The van der Waals surface area contributed by atoms with Gasteiger partial charge >= 0.3 is 0 Å². The molecule has 2 aromatic heterocycles. The maximum absolute atomic E-state index is 14.7. The molecule has 2 aliphatic heterocycles. The van der Waals surface area contributed by atoms with Crippen LogP contribution in [0.4, 0.5) is 16.2 Å². The van der Waals surface area contributed by atoms with Crippen molar-refractivity contribution in [3.05, 3.63) is 41.4 Å². The number of aromatic nitrogens is 4. The zero-order valence-electron chi connectivity index (χ0n) is 23.0. The number of nitrogens with one attached hydrogen (secondary N) is 2. The lowest BCUT2D eigenvalue weighted by Crippen LogP contribution is -3.19. The Morgan fingerprint density at radius 1 is 1.18 bits per heavy atom. The summed E-state index contributed by atoms with van der Waals surface area (Å²) in [5.74, 6) is 2.44. The molecule has 3 aromatic rings. The molecule has 0 amide bonds. The van der Waals surface area contributed by atoms with E-state index in [4.69, 9.17) is 19.4 Å². The molecule has 1 aromatic carbocycles. The summed E-state index contributed by atoms with van der Waals surface area (Å²) in [5, 5.41) is 18.3. The molecule has 4 heterocycles. The zero-order valence-corrected chi connectivity index (χ0v) is 23.0. The number of nitrogens with zero attached hydrogens (tertiary/aromatic N) is 6. The number of halogens is 1. The lowest BCUT2D eigenvalue weighted by atomic mass is 10.0. The van der Waals surface area contributed by atoms with Gasteiger partial charge < -0.3 is 24.9 Å². The molecular weight excluding hydrogens is 503 g/mol. The summed E-state index contributed by atoms with van der Waals surface area (Å²) in [7, 11) is 1.68. The first-order valence-corrected chi connectivity index (χ1v) is 13.8. The number of anilines is 2. The molecular formula is C27H39FN8O3. The van der Waals surface area contributed by atoms with E-state index in [1.165, 1.54) is 6.92 Å². The number of imidazole rings is 1. The van der Waals surface area contributed by atoms with Gasteiger partial charge in [0, 0.05) is 51.8 Å². The van der Waals surface area contributed by atoms with Gasteiger partial charge in [-0.05, 0) is 32.4 Å². The van der Waals surface area contributed by atoms with Crippen LogP contribution in [0.25, 0.3) is 16.9 Å². The summed E-state index contributed by atoms with van der Waals surface area (Å²) in [6, 6.07) is 9.47. The molecule has 5 rings (SSSR count). The number of hydrogen-bond acceptors (Lipinski definition) is 9. The highest BCUT2D eigenvalue weighted by Crippen LogP contribution is 2.28. The number of ether oxygens (including phenoxy) is 2. The minimum absolute atomic E-state index is 0.00616. The van der Waals surface area contributed by atoms with Crippen molar-refractivity contribution < 1.29 is 19.0 Å². The molecule has 3 unspecified atom stereocenters. The van der Waals surface area contributed by atoms with Crippen molar-refractivity contribution in [2.75, 3.05) is 69.9 Å². The second-order valence-corrected chi connectivity index (χ2v) is 10.4. The van der Waals surface area contributed by atoms with Gasteiger partial charge in [0.05, 0.1) is 37.3 Å². The third-order valence-corrected chi connectivity index (χ3v) is 7.41. The molecule has 2 aliphatic rings. The largest absolute Gasteiger partial charge is 0.613 e. The van der Waals surface area contributed by atoms with Crippen molar-refractivity contribution in [2.45, 2.75) is 38.9 Å². The third-order valence-electron chi connectivity index (χ3n) is 7.41. The van der Waals surface area contributed by atoms with Crippen LogP contribution in [0, 0.1) is 11.1 Å². The van der Waals surface area contributed by atoms with E-state index >= 15 is 0 Å². The fourth-order valence-electron chi connectivity index (χ4n) is 5.18. The Morgan fingerprint density at radius 2 is 1.95 bits per heavy atom. The molecule has 2 fully saturated rings. The molecule has 212 valence electrons. The number of hydroxylamine groups is 1. The quantitative estimate of drug-likeness (QED) is 0.263. The normalized spacial score (nSPS) is 19.2. The zero-order chi connectivity index (χ0) is 27.4. The van der Waals surface area contributed by atoms with Crippen LogP contribution in [0.5, 0.6) is 0 Å². The number of benzene rings is 1. The second kappa shape index (κ2) is 12.5. The predicted molar refractivity (Wildman–Crippen MR) is 148 cm³/mol. The lowest BCUT2D eigenvalue weighted by molar-refractivity contribution is -1.00. The Kier molecular flexibility index (Phi) is 8.88. The molecule has 0 aliphatic carbocycles. The summed E-state index contributed by atoms with van der Waals surface area (Å²) in [6.45, 7) is 8.86. The summed E-state index contributed by atoms with van der Waals surface area (Å²) in [4.78, 5) is 16.3. The van der Waals surface area contributed by atoms with Gasteiger partial charge in [-0.15, -0.1) is 0 Å². The smallest absolute Gasteiger partial charge is 0.229 e. The van der Waals surface area contributed by atoms with Crippen LogP contribution >= 0.6 is 0 Å². The van der Waals surface area contributed by atoms with Crippen LogP contribution in [0.3, 0.4) is 0 Å². The van der Waals surface area contributed by atoms with Crippen molar-refractivity contribution in [1.29, 1.82) is 0 Å². The first kappa shape index (κ1) is 27.7. The topological polar surface area (TPSA) is 108 Å². The highest BCUT2D eigenvalue weighted by Gasteiger charge is 2.33. The summed E-state index contributed by atoms with van der Waals surface area (Å²) in [5.41, 5.74) is 1.51. The van der Waals surface area contributed by atoms with Gasteiger partial charge in [0.2, 0.25) is 5.95 Å². The van der Waals surface area contributed by atoms with Crippen molar-refractivity contribution in [2.24, 2.45) is 5.92 Å². The molecule has 11 nitrogen and oxygen atoms in total. The van der Waals surface area contributed by atoms with E-state index in [0.717, 1.165) is 31.4 Å². The number of hydrogen-bond donors (Lipinski definition) is 2. The lowest BCUT2D eigenvalue weighted by Gasteiger charge is -2.47. The van der Waals surface area contributed by atoms with Crippen molar-refractivity contribution >= 4 is 22.8 Å². The van der Waals surface area contributed by atoms with Crippen LogP contribution in [-0.2, 0) is 9.47 Å². The number of alkyl halides is 1. The molecule has 39 heavy (non-hydrogen) atoms. The van der Waals surface area contributed by atoms with Crippen LogP contribution in [0.1, 0.15) is 38.7 Å². The van der Waals surface area contributed by atoms with Crippen LogP contribution < -0.4 is 15.4 Å². The van der Waals surface area contributed by atoms with Gasteiger partial charge in [-0.3, -0.25) is 9.74 Å². The van der Waals surface area contributed by atoms with E-state index in [1.54, 1.807) is 11.7 Å².